The second kappa shape index (κ2) is 13.2. The van der Waals surface area contributed by atoms with Crippen LogP contribution in [0.3, 0.4) is 0 Å². The van der Waals surface area contributed by atoms with E-state index in [1.165, 1.54) is 0 Å². The number of carbonyl (C=O) groups is 3. The Morgan fingerprint density at radius 1 is 0.905 bits per heavy atom. The maximum atomic E-state index is 14.6. The molecule has 42 heavy (non-hydrogen) atoms. The highest BCUT2D eigenvalue weighted by molar-refractivity contribution is 5.93. The summed E-state index contributed by atoms with van der Waals surface area (Å²) in [5.41, 5.74) is 3.92. The summed E-state index contributed by atoms with van der Waals surface area (Å²) in [7, 11) is 0. The van der Waals surface area contributed by atoms with Crippen LogP contribution in [-0.2, 0) is 27.3 Å². The Morgan fingerprint density at radius 3 is 2.07 bits per heavy atom. The molecule has 0 bridgehead atoms. The van der Waals surface area contributed by atoms with Gasteiger partial charge in [-0.2, -0.15) is 0 Å². The first-order valence-electron chi connectivity index (χ1n) is 14.7. The maximum Gasteiger partial charge on any atom is 0.408 e. The first-order valence-corrected chi connectivity index (χ1v) is 14.7. The normalized spacial score (nSPS) is 17.5. The third-order valence-electron chi connectivity index (χ3n) is 7.73. The van der Waals surface area contributed by atoms with E-state index in [1.54, 1.807) is 25.7 Å². The van der Waals surface area contributed by atoms with Gasteiger partial charge in [-0.05, 0) is 74.8 Å². The number of nitrogens with zero attached hydrogens (tertiary/aromatic N) is 1. The molecule has 0 aromatic heterocycles. The minimum atomic E-state index is -0.926. The molecule has 0 aliphatic heterocycles. The Bertz CT molecular complexity index is 1380. The molecule has 3 aromatic rings. The van der Waals surface area contributed by atoms with E-state index in [4.69, 9.17) is 4.74 Å². The summed E-state index contributed by atoms with van der Waals surface area (Å²) >= 11 is 0. The Labute approximate surface area is 249 Å². The van der Waals surface area contributed by atoms with E-state index in [0.29, 0.717) is 6.54 Å². The summed E-state index contributed by atoms with van der Waals surface area (Å²) in [6, 6.07) is 23.2. The van der Waals surface area contributed by atoms with Gasteiger partial charge in [-0.1, -0.05) is 85.8 Å². The van der Waals surface area contributed by atoms with Crippen molar-refractivity contribution in [1.29, 1.82) is 0 Å². The van der Waals surface area contributed by atoms with E-state index in [2.05, 4.69) is 17.6 Å². The number of nitrogens with one attached hydrogen (secondary N) is 2. The average Bonchev–Trinajstić information content (AvgIpc) is 3.67. The van der Waals surface area contributed by atoms with Crippen molar-refractivity contribution >= 4 is 17.9 Å². The van der Waals surface area contributed by atoms with Gasteiger partial charge in [0.25, 0.3) is 0 Å². The van der Waals surface area contributed by atoms with Crippen LogP contribution in [0, 0.1) is 19.8 Å². The van der Waals surface area contributed by atoms with E-state index in [1.807, 2.05) is 92.7 Å². The van der Waals surface area contributed by atoms with Gasteiger partial charge in [0.2, 0.25) is 11.8 Å². The monoisotopic (exact) mass is 569 g/mol. The van der Waals surface area contributed by atoms with Crippen LogP contribution in [0.4, 0.5) is 4.79 Å². The van der Waals surface area contributed by atoms with Crippen molar-refractivity contribution in [2.24, 2.45) is 5.92 Å². The molecule has 0 heterocycles. The third kappa shape index (κ3) is 7.99. The fourth-order valence-corrected chi connectivity index (χ4v) is 5.22. The average molecular weight is 570 g/mol. The van der Waals surface area contributed by atoms with Gasteiger partial charge in [-0.25, -0.2) is 4.79 Å². The standard InChI is InChI=1S/C35H43N3O4/c1-23-14-13-19-28(25(23)3)31(32(39)36-22-27-17-11-8-12-18-27)38(30-20-24(30)2)33(40)29(21-26-15-9-7-10-16-26)37-34(41)42-35(4,5)6/h7-19,24,29-31H,20-22H2,1-6H3,(H,36,39)(H,37,41). The zero-order chi connectivity index (χ0) is 30.4. The number of rotatable bonds is 10. The van der Waals surface area contributed by atoms with Gasteiger partial charge in [0, 0.05) is 19.0 Å². The van der Waals surface area contributed by atoms with E-state index < -0.39 is 23.8 Å². The van der Waals surface area contributed by atoms with E-state index in [-0.39, 0.29) is 30.2 Å². The molecule has 0 radical (unpaired) electrons. The summed E-state index contributed by atoms with van der Waals surface area (Å²) in [6.07, 6.45) is 0.378. The molecule has 4 rings (SSSR count). The van der Waals surface area contributed by atoms with Gasteiger partial charge in [0.05, 0.1) is 0 Å². The first kappa shape index (κ1) is 30.8. The highest BCUT2D eigenvalue weighted by Crippen LogP contribution is 2.41. The number of benzene rings is 3. The Morgan fingerprint density at radius 2 is 1.50 bits per heavy atom. The molecule has 1 fully saturated rings. The number of ether oxygens (including phenoxy) is 1. The molecule has 4 unspecified atom stereocenters. The van der Waals surface area contributed by atoms with Crippen LogP contribution in [0.1, 0.15) is 68.0 Å². The second-order valence-corrected chi connectivity index (χ2v) is 12.3. The largest absolute Gasteiger partial charge is 0.444 e. The van der Waals surface area contributed by atoms with Crippen molar-refractivity contribution in [1.82, 2.24) is 15.5 Å². The molecule has 0 saturated heterocycles. The highest BCUT2D eigenvalue weighted by atomic mass is 16.6. The molecular formula is C35H43N3O4. The molecule has 222 valence electrons. The molecule has 1 saturated carbocycles. The predicted molar refractivity (Wildman–Crippen MR) is 165 cm³/mol. The lowest BCUT2D eigenvalue weighted by Gasteiger charge is -2.36. The Kier molecular flexibility index (Phi) is 9.71. The van der Waals surface area contributed by atoms with Crippen LogP contribution < -0.4 is 10.6 Å². The Hall–Kier alpha value is -4.13. The molecular weight excluding hydrogens is 526 g/mol. The van der Waals surface area contributed by atoms with Crippen LogP contribution in [0.2, 0.25) is 0 Å². The van der Waals surface area contributed by atoms with Gasteiger partial charge < -0.3 is 20.3 Å². The summed E-state index contributed by atoms with van der Waals surface area (Å²) in [6.45, 7) is 11.8. The first-order chi connectivity index (χ1) is 19.9. The number of carbonyl (C=O) groups excluding carboxylic acids is 3. The molecule has 7 heteroatoms. The van der Waals surface area contributed by atoms with Crippen LogP contribution in [0.25, 0.3) is 0 Å². The van der Waals surface area contributed by atoms with Crippen molar-refractivity contribution in [3.05, 3.63) is 107 Å². The highest BCUT2D eigenvalue weighted by Gasteiger charge is 2.48. The molecule has 3 amide bonds. The molecule has 0 spiro atoms. The lowest BCUT2D eigenvalue weighted by molar-refractivity contribution is -0.143. The SMILES string of the molecule is Cc1cccc(C(C(=O)NCc2ccccc2)N(C(=O)C(Cc2ccccc2)NC(=O)OC(C)(C)C)C2CC2C)c1C. The maximum absolute atomic E-state index is 14.6. The third-order valence-corrected chi connectivity index (χ3v) is 7.73. The molecule has 7 nitrogen and oxygen atoms in total. The van der Waals surface area contributed by atoms with E-state index in [9.17, 15) is 14.4 Å². The number of amides is 3. The van der Waals surface area contributed by atoms with Crippen molar-refractivity contribution < 1.29 is 19.1 Å². The van der Waals surface area contributed by atoms with Crippen molar-refractivity contribution in [2.45, 2.75) is 84.7 Å². The molecule has 1 aliphatic carbocycles. The van der Waals surface area contributed by atoms with Gasteiger partial charge in [-0.3, -0.25) is 9.59 Å². The van der Waals surface area contributed by atoms with Crippen LogP contribution >= 0.6 is 0 Å². The summed E-state index contributed by atoms with van der Waals surface area (Å²) < 4.78 is 5.55. The molecule has 4 atom stereocenters. The van der Waals surface area contributed by atoms with Gasteiger partial charge in [-0.15, -0.1) is 0 Å². The van der Waals surface area contributed by atoms with Gasteiger partial charge in [0.1, 0.15) is 17.7 Å². The molecule has 3 aromatic carbocycles. The number of alkyl carbamates (subject to hydrolysis) is 1. The summed E-state index contributed by atoms with van der Waals surface area (Å²) in [5, 5.41) is 5.94. The Balaban J connectivity index is 1.73. The minimum absolute atomic E-state index is 0.136. The predicted octanol–water partition coefficient (Wildman–Crippen LogP) is 6.03. The lowest BCUT2D eigenvalue weighted by Crippen LogP contribution is -2.54. The van der Waals surface area contributed by atoms with Crippen LogP contribution in [0.5, 0.6) is 0 Å². The second-order valence-electron chi connectivity index (χ2n) is 12.3. The number of aryl methyl sites for hydroxylation is 1. The van der Waals surface area contributed by atoms with Crippen molar-refractivity contribution in [3.8, 4) is 0 Å². The molecule has 1 aliphatic rings. The van der Waals surface area contributed by atoms with Crippen molar-refractivity contribution in [3.63, 3.8) is 0 Å². The summed E-state index contributed by atoms with van der Waals surface area (Å²) in [5.74, 6) is -0.335. The smallest absolute Gasteiger partial charge is 0.408 e. The fourth-order valence-electron chi connectivity index (χ4n) is 5.22. The number of hydrogen-bond acceptors (Lipinski definition) is 4. The lowest BCUT2D eigenvalue weighted by atomic mass is 9.94. The minimum Gasteiger partial charge on any atom is -0.444 e. The quantitative estimate of drug-likeness (QED) is 0.312. The van der Waals surface area contributed by atoms with Gasteiger partial charge in [0.15, 0.2) is 0 Å². The van der Waals surface area contributed by atoms with Crippen molar-refractivity contribution in [2.75, 3.05) is 0 Å². The number of hydrogen-bond donors (Lipinski definition) is 2. The summed E-state index contributed by atoms with van der Waals surface area (Å²) in [4.78, 5) is 43.5. The zero-order valence-corrected chi connectivity index (χ0v) is 25.5. The zero-order valence-electron chi connectivity index (χ0n) is 25.5. The topological polar surface area (TPSA) is 87.7 Å². The fraction of sp³-hybridized carbons (Fsp3) is 0.400. The van der Waals surface area contributed by atoms with Gasteiger partial charge >= 0.3 is 6.09 Å². The van der Waals surface area contributed by atoms with Crippen LogP contribution in [-0.4, -0.2) is 40.5 Å². The van der Waals surface area contributed by atoms with Crippen LogP contribution in [0.15, 0.2) is 78.9 Å². The van der Waals surface area contributed by atoms with E-state index in [0.717, 1.165) is 34.2 Å². The molecule has 2 N–H and O–H groups in total. The van der Waals surface area contributed by atoms with E-state index >= 15 is 0 Å².